The van der Waals surface area contributed by atoms with E-state index in [2.05, 4.69) is 19.2 Å². The number of thioether (sulfide) groups is 1. The van der Waals surface area contributed by atoms with Crippen molar-refractivity contribution in [2.75, 3.05) is 5.75 Å². The summed E-state index contributed by atoms with van der Waals surface area (Å²) in [6, 6.07) is 12.1. The van der Waals surface area contributed by atoms with E-state index in [9.17, 15) is 9.59 Å². The van der Waals surface area contributed by atoms with Crippen LogP contribution in [0.4, 0.5) is 0 Å². The molecule has 0 radical (unpaired) electrons. The van der Waals surface area contributed by atoms with Crippen molar-refractivity contribution in [2.45, 2.75) is 57.8 Å². The van der Waals surface area contributed by atoms with Gasteiger partial charge in [-0.2, -0.15) is 0 Å². The summed E-state index contributed by atoms with van der Waals surface area (Å²) in [6.07, 6.45) is 3.45. The normalized spacial score (nSPS) is 21.8. The molecular weight excluding hydrogens is 394 g/mol. The average molecular weight is 424 g/mol. The Hall–Kier alpha value is -2.34. The SMILES string of the molecule is CCn1c(SCC(=O)N[C@@H]2CCC[C@H](C)[C@@H]2C)nc2cc3ccccc3cc2c1=O. The molecule has 2 aromatic carbocycles. The molecule has 1 amide bonds. The molecule has 0 spiro atoms. The Morgan fingerprint density at radius 3 is 2.67 bits per heavy atom. The highest BCUT2D eigenvalue weighted by atomic mass is 32.2. The molecule has 6 heteroatoms. The first-order valence-electron chi connectivity index (χ1n) is 10.8. The molecule has 30 heavy (non-hydrogen) atoms. The number of amides is 1. The molecule has 1 aromatic heterocycles. The summed E-state index contributed by atoms with van der Waals surface area (Å²) in [4.78, 5) is 30.4. The molecule has 0 unspecified atom stereocenters. The van der Waals surface area contributed by atoms with Gasteiger partial charge in [0.15, 0.2) is 5.16 Å². The number of hydrogen-bond acceptors (Lipinski definition) is 4. The Morgan fingerprint density at radius 2 is 1.93 bits per heavy atom. The van der Waals surface area contributed by atoms with Crippen LogP contribution in [-0.4, -0.2) is 27.3 Å². The topological polar surface area (TPSA) is 64.0 Å². The summed E-state index contributed by atoms with van der Waals surface area (Å²) in [6.45, 7) is 6.95. The van der Waals surface area contributed by atoms with Crippen LogP contribution in [0.5, 0.6) is 0 Å². The van der Waals surface area contributed by atoms with Crippen molar-refractivity contribution >= 4 is 39.3 Å². The van der Waals surface area contributed by atoms with Gasteiger partial charge in [0.1, 0.15) is 0 Å². The van der Waals surface area contributed by atoms with Crippen LogP contribution >= 0.6 is 11.8 Å². The van der Waals surface area contributed by atoms with E-state index in [0.717, 1.165) is 17.2 Å². The highest BCUT2D eigenvalue weighted by molar-refractivity contribution is 7.99. The zero-order valence-electron chi connectivity index (χ0n) is 17.9. The molecule has 0 saturated heterocycles. The van der Waals surface area contributed by atoms with Gasteiger partial charge in [-0.25, -0.2) is 4.98 Å². The molecule has 0 aliphatic heterocycles. The van der Waals surface area contributed by atoms with Gasteiger partial charge in [-0.1, -0.05) is 62.7 Å². The maximum Gasteiger partial charge on any atom is 0.262 e. The molecule has 4 rings (SSSR count). The third-order valence-corrected chi connectivity index (χ3v) is 7.46. The summed E-state index contributed by atoms with van der Waals surface area (Å²) in [5, 5.41) is 6.52. The fraction of sp³-hybridized carbons (Fsp3) is 0.458. The van der Waals surface area contributed by atoms with Crippen LogP contribution in [-0.2, 0) is 11.3 Å². The molecule has 5 nitrogen and oxygen atoms in total. The Labute approximate surface area is 181 Å². The number of nitrogens with zero attached hydrogens (tertiary/aromatic N) is 2. The number of aromatic nitrogens is 2. The molecule has 1 heterocycles. The van der Waals surface area contributed by atoms with Gasteiger partial charge in [0.2, 0.25) is 5.91 Å². The van der Waals surface area contributed by atoms with Gasteiger partial charge in [0, 0.05) is 12.6 Å². The lowest BCUT2D eigenvalue weighted by molar-refractivity contribution is -0.120. The van der Waals surface area contributed by atoms with Crippen LogP contribution in [0.15, 0.2) is 46.3 Å². The minimum atomic E-state index is -0.0501. The van der Waals surface area contributed by atoms with Gasteiger partial charge in [-0.05, 0) is 48.1 Å². The van der Waals surface area contributed by atoms with E-state index in [1.165, 1.54) is 24.6 Å². The van der Waals surface area contributed by atoms with Crippen molar-refractivity contribution in [2.24, 2.45) is 11.8 Å². The van der Waals surface area contributed by atoms with Crippen molar-refractivity contribution in [1.29, 1.82) is 0 Å². The summed E-state index contributed by atoms with van der Waals surface area (Å²) in [5.74, 6) is 1.41. The van der Waals surface area contributed by atoms with Crippen LogP contribution in [0.3, 0.4) is 0 Å². The Bertz CT molecular complexity index is 1140. The molecule has 158 valence electrons. The van der Waals surface area contributed by atoms with E-state index < -0.39 is 0 Å². The number of carbonyl (C=O) groups is 1. The van der Waals surface area contributed by atoms with E-state index in [1.807, 2.05) is 43.3 Å². The van der Waals surface area contributed by atoms with Crippen LogP contribution in [0.1, 0.15) is 40.0 Å². The predicted octanol–water partition coefficient (Wildman–Crippen LogP) is 4.60. The largest absolute Gasteiger partial charge is 0.352 e. The molecular formula is C24H29N3O2S. The zero-order valence-corrected chi connectivity index (χ0v) is 18.7. The van der Waals surface area contributed by atoms with Gasteiger partial charge < -0.3 is 5.32 Å². The number of carbonyl (C=O) groups excluding carboxylic acids is 1. The van der Waals surface area contributed by atoms with Gasteiger partial charge in [0.25, 0.3) is 5.56 Å². The van der Waals surface area contributed by atoms with Crippen molar-refractivity contribution in [1.82, 2.24) is 14.9 Å². The van der Waals surface area contributed by atoms with E-state index in [1.54, 1.807) is 4.57 Å². The van der Waals surface area contributed by atoms with Crippen LogP contribution in [0.25, 0.3) is 21.7 Å². The van der Waals surface area contributed by atoms with Gasteiger partial charge >= 0.3 is 0 Å². The van der Waals surface area contributed by atoms with Crippen molar-refractivity contribution in [3.8, 4) is 0 Å². The predicted molar refractivity (Wildman–Crippen MR) is 124 cm³/mol. The fourth-order valence-electron chi connectivity index (χ4n) is 4.44. The Kier molecular flexibility index (Phi) is 6.14. The molecule has 1 aliphatic carbocycles. The lowest BCUT2D eigenvalue weighted by atomic mass is 9.78. The van der Waals surface area contributed by atoms with Crippen LogP contribution in [0.2, 0.25) is 0 Å². The number of rotatable bonds is 5. The molecule has 0 bridgehead atoms. The van der Waals surface area contributed by atoms with E-state index >= 15 is 0 Å². The van der Waals surface area contributed by atoms with Crippen molar-refractivity contribution in [3.05, 3.63) is 46.8 Å². The highest BCUT2D eigenvalue weighted by Gasteiger charge is 2.28. The van der Waals surface area contributed by atoms with Crippen molar-refractivity contribution in [3.63, 3.8) is 0 Å². The van der Waals surface area contributed by atoms with E-state index in [4.69, 9.17) is 4.98 Å². The lowest BCUT2D eigenvalue weighted by Gasteiger charge is -2.34. The van der Waals surface area contributed by atoms with E-state index in [-0.39, 0.29) is 23.3 Å². The number of benzene rings is 2. The van der Waals surface area contributed by atoms with Crippen LogP contribution < -0.4 is 10.9 Å². The third-order valence-electron chi connectivity index (χ3n) is 6.49. The second-order valence-electron chi connectivity index (χ2n) is 8.39. The average Bonchev–Trinajstić information content (AvgIpc) is 2.74. The smallest absolute Gasteiger partial charge is 0.262 e. The quantitative estimate of drug-likeness (QED) is 0.370. The van der Waals surface area contributed by atoms with Gasteiger partial charge in [-0.3, -0.25) is 14.2 Å². The maximum atomic E-state index is 13.1. The molecule has 1 N–H and O–H groups in total. The molecule has 1 fully saturated rings. The summed E-state index contributed by atoms with van der Waals surface area (Å²) < 4.78 is 1.67. The van der Waals surface area contributed by atoms with Gasteiger partial charge in [-0.15, -0.1) is 0 Å². The Morgan fingerprint density at radius 1 is 1.20 bits per heavy atom. The fourth-order valence-corrected chi connectivity index (χ4v) is 5.32. The van der Waals surface area contributed by atoms with Gasteiger partial charge in [0.05, 0.1) is 16.7 Å². The summed E-state index contributed by atoms with van der Waals surface area (Å²) >= 11 is 1.34. The second-order valence-corrected chi connectivity index (χ2v) is 9.33. The molecule has 1 saturated carbocycles. The monoisotopic (exact) mass is 423 g/mol. The number of nitrogens with one attached hydrogen (secondary N) is 1. The molecule has 3 aromatic rings. The second kappa shape index (κ2) is 8.80. The summed E-state index contributed by atoms with van der Waals surface area (Å²) in [5.41, 5.74) is 0.631. The first kappa shape index (κ1) is 20.9. The standard InChI is InChI=1S/C24H29N3O2S/c1-4-27-23(29)19-12-17-9-5-6-10-18(17)13-21(19)26-24(27)30-14-22(28)25-20-11-7-8-15(2)16(20)3/h5-6,9-10,12-13,15-16,20H,4,7-8,11,14H2,1-3H3,(H,25,28)/t15-,16-,20+/m0/s1. The van der Waals surface area contributed by atoms with Crippen LogP contribution in [0, 0.1) is 11.8 Å². The third kappa shape index (κ3) is 4.10. The molecule has 1 aliphatic rings. The maximum absolute atomic E-state index is 13.1. The van der Waals surface area contributed by atoms with E-state index in [0.29, 0.717) is 34.4 Å². The number of hydrogen-bond donors (Lipinski definition) is 1. The minimum absolute atomic E-state index is 0.0152. The van der Waals surface area contributed by atoms with Crippen molar-refractivity contribution < 1.29 is 4.79 Å². The first-order valence-corrected chi connectivity index (χ1v) is 11.8. The first-order chi connectivity index (χ1) is 14.5. The summed E-state index contributed by atoms with van der Waals surface area (Å²) in [7, 11) is 0. The lowest BCUT2D eigenvalue weighted by Crippen LogP contribution is -2.44. The highest BCUT2D eigenvalue weighted by Crippen LogP contribution is 2.29. The minimum Gasteiger partial charge on any atom is -0.352 e. The Balaban J connectivity index is 1.56. The molecule has 3 atom stereocenters. The number of fused-ring (bicyclic) bond motifs is 2. The zero-order chi connectivity index (χ0) is 21.3.